The minimum atomic E-state index is -1.23. The summed E-state index contributed by atoms with van der Waals surface area (Å²) in [6.45, 7) is 0.691. The molecule has 2 aliphatic rings. The number of carbonyl (C=O) groups excluding carboxylic acids is 4. The quantitative estimate of drug-likeness (QED) is 0.380. The van der Waals surface area contributed by atoms with Crippen LogP contribution in [0.5, 0.6) is 0 Å². The fourth-order valence-electron chi connectivity index (χ4n) is 4.42. The van der Waals surface area contributed by atoms with Gasteiger partial charge in [0, 0.05) is 16.9 Å². The molecule has 0 unspecified atom stereocenters. The van der Waals surface area contributed by atoms with Crippen molar-refractivity contribution in [1.82, 2.24) is 10.6 Å². The molecule has 0 aromatic heterocycles. The summed E-state index contributed by atoms with van der Waals surface area (Å²) in [5, 5.41) is 17.8. The van der Waals surface area contributed by atoms with E-state index < -0.39 is 35.6 Å². The summed E-state index contributed by atoms with van der Waals surface area (Å²) < 4.78 is 0. The number of amides is 4. The van der Waals surface area contributed by atoms with Gasteiger partial charge in [0.2, 0.25) is 5.91 Å². The van der Waals surface area contributed by atoms with Crippen LogP contribution in [0.3, 0.4) is 0 Å². The molecule has 4 N–H and O–H groups in total. The van der Waals surface area contributed by atoms with Crippen molar-refractivity contribution < 1.29 is 29.1 Å². The number of nitrogens with zero attached hydrogens (tertiary/aromatic N) is 1. The third kappa shape index (κ3) is 4.69. The molecule has 186 valence electrons. The van der Waals surface area contributed by atoms with Crippen molar-refractivity contribution in [3.05, 3.63) is 89.0 Å². The van der Waals surface area contributed by atoms with Crippen LogP contribution in [-0.2, 0) is 4.79 Å². The van der Waals surface area contributed by atoms with Crippen LogP contribution in [0.25, 0.3) is 0 Å². The van der Waals surface area contributed by atoms with Gasteiger partial charge in [-0.15, -0.1) is 0 Å². The van der Waals surface area contributed by atoms with Crippen LogP contribution in [0.15, 0.2) is 66.7 Å². The van der Waals surface area contributed by atoms with Crippen LogP contribution in [0.1, 0.15) is 54.3 Å². The largest absolute Gasteiger partial charge is 0.478 e. The Morgan fingerprint density at radius 2 is 1.62 bits per heavy atom. The molecule has 10 heteroatoms. The van der Waals surface area contributed by atoms with Crippen molar-refractivity contribution in [2.45, 2.75) is 18.9 Å². The summed E-state index contributed by atoms with van der Waals surface area (Å²) in [6.07, 6.45) is 1.45. The summed E-state index contributed by atoms with van der Waals surface area (Å²) in [5.41, 5.74) is 1.16. The first kappa shape index (κ1) is 23.9. The second-order valence-electron chi connectivity index (χ2n) is 8.74. The topological polar surface area (TPSA) is 145 Å². The van der Waals surface area contributed by atoms with Crippen molar-refractivity contribution in [3.8, 4) is 0 Å². The predicted octanol–water partition coefficient (Wildman–Crippen LogP) is 2.94. The third-order valence-electron chi connectivity index (χ3n) is 6.25. The Labute approximate surface area is 211 Å². The second-order valence-corrected chi connectivity index (χ2v) is 8.74. The molecule has 3 aromatic carbocycles. The van der Waals surface area contributed by atoms with Gasteiger partial charge in [0.1, 0.15) is 0 Å². The average Bonchev–Trinajstić information content (AvgIpc) is 3.51. The van der Waals surface area contributed by atoms with Gasteiger partial charge in [-0.1, -0.05) is 18.2 Å². The van der Waals surface area contributed by atoms with E-state index in [1.54, 1.807) is 12.1 Å². The van der Waals surface area contributed by atoms with Crippen molar-refractivity contribution in [2.24, 2.45) is 0 Å². The highest BCUT2D eigenvalue weighted by molar-refractivity contribution is 6.35. The number of aromatic carboxylic acids is 1. The zero-order valence-electron chi connectivity index (χ0n) is 19.5. The van der Waals surface area contributed by atoms with E-state index >= 15 is 0 Å². The molecular weight excluding hydrogens is 476 g/mol. The number of rotatable bonds is 6. The number of hydrogen-bond acceptors (Lipinski definition) is 7. The summed E-state index contributed by atoms with van der Waals surface area (Å²) in [6, 6.07) is 16.7. The summed E-state index contributed by atoms with van der Waals surface area (Å²) in [7, 11) is 0. The third-order valence-corrected chi connectivity index (χ3v) is 6.25. The number of anilines is 3. The van der Waals surface area contributed by atoms with Crippen LogP contribution >= 0.6 is 0 Å². The molecular formula is C27H22N4O6. The van der Waals surface area contributed by atoms with Gasteiger partial charge in [-0.3, -0.25) is 24.5 Å². The van der Waals surface area contributed by atoms with Crippen LogP contribution in [0, 0.1) is 0 Å². The maximum Gasteiger partial charge on any atom is 0.335 e. The number of carboxylic acids is 1. The Kier molecular flexibility index (Phi) is 6.24. The van der Waals surface area contributed by atoms with Crippen LogP contribution < -0.4 is 20.9 Å². The Morgan fingerprint density at radius 3 is 2.32 bits per heavy atom. The molecule has 0 spiro atoms. The fourth-order valence-corrected chi connectivity index (χ4v) is 4.42. The standard InChI is InChI=1S/C27H22N4O6/c32-23(30-24(33)22-7-4-10-28-22)16-11-18(29-17-5-2-1-3-6-17)14-19(12-16)31-25(34)20-9-8-15(27(36)37)13-21(20)26(31)35/h1-3,5-6,8-9,11-14,22,28-29H,4,7,10H2,(H,36,37)(H,30,32,33)/t22-/m1/s1. The number of benzene rings is 3. The first-order valence-electron chi connectivity index (χ1n) is 11.6. The summed E-state index contributed by atoms with van der Waals surface area (Å²) >= 11 is 0. The van der Waals surface area contributed by atoms with Gasteiger partial charge in [0.15, 0.2) is 0 Å². The highest BCUT2D eigenvalue weighted by Crippen LogP contribution is 2.32. The number of imide groups is 2. The lowest BCUT2D eigenvalue weighted by molar-refractivity contribution is -0.121. The molecule has 37 heavy (non-hydrogen) atoms. The second kappa shape index (κ2) is 9.67. The van der Waals surface area contributed by atoms with E-state index in [1.807, 2.05) is 18.2 Å². The zero-order chi connectivity index (χ0) is 26.1. The number of fused-ring (bicyclic) bond motifs is 1. The van der Waals surface area contributed by atoms with Crippen molar-refractivity contribution in [1.29, 1.82) is 0 Å². The zero-order valence-corrected chi connectivity index (χ0v) is 19.5. The van der Waals surface area contributed by atoms with Gasteiger partial charge in [-0.2, -0.15) is 0 Å². The lowest BCUT2D eigenvalue weighted by Gasteiger charge is -2.18. The fraction of sp³-hybridized carbons (Fsp3) is 0.148. The van der Waals surface area contributed by atoms with E-state index in [-0.39, 0.29) is 27.9 Å². The van der Waals surface area contributed by atoms with E-state index in [9.17, 15) is 29.1 Å². The maximum absolute atomic E-state index is 13.2. The first-order valence-corrected chi connectivity index (χ1v) is 11.6. The maximum atomic E-state index is 13.2. The van der Waals surface area contributed by atoms with E-state index in [0.717, 1.165) is 17.4 Å². The molecule has 4 amide bonds. The van der Waals surface area contributed by atoms with Gasteiger partial charge in [-0.25, -0.2) is 9.69 Å². The SMILES string of the molecule is O=C(O)c1ccc2c(c1)C(=O)N(c1cc(Nc3ccccc3)cc(C(=O)NC(=O)[C@H]3CCCN3)c1)C2=O. The molecule has 1 atom stereocenters. The Hall–Kier alpha value is -4.83. The van der Waals surface area contributed by atoms with Crippen molar-refractivity contribution in [2.75, 3.05) is 16.8 Å². The van der Waals surface area contributed by atoms with Gasteiger partial charge in [0.25, 0.3) is 17.7 Å². The van der Waals surface area contributed by atoms with Gasteiger partial charge >= 0.3 is 5.97 Å². The van der Waals surface area contributed by atoms with Crippen LogP contribution in [0.4, 0.5) is 17.1 Å². The minimum Gasteiger partial charge on any atom is -0.478 e. The molecule has 0 bridgehead atoms. The minimum absolute atomic E-state index is 0.0418. The highest BCUT2D eigenvalue weighted by Gasteiger charge is 2.38. The molecule has 5 rings (SSSR count). The highest BCUT2D eigenvalue weighted by atomic mass is 16.4. The number of carboxylic acid groups (broad SMARTS) is 1. The van der Waals surface area contributed by atoms with E-state index in [1.165, 1.54) is 30.3 Å². The normalized spacial score (nSPS) is 16.4. The number of nitrogens with one attached hydrogen (secondary N) is 3. The predicted molar refractivity (Wildman–Crippen MR) is 134 cm³/mol. The average molecular weight is 498 g/mol. The molecule has 2 aliphatic heterocycles. The molecule has 10 nitrogen and oxygen atoms in total. The lowest BCUT2D eigenvalue weighted by atomic mass is 10.1. The first-order chi connectivity index (χ1) is 17.8. The lowest BCUT2D eigenvalue weighted by Crippen LogP contribution is -2.43. The Balaban J connectivity index is 1.51. The van der Waals surface area contributed by atoms with Crippen molar-refractivity contribution >= 4 is 46.7 Å². The molecule has 0 aliphatic carbocycles. The van der Waals surface area contributed by atoms with Crippen molar-refractivity contribution in [3.63, 3.8) is 0 Å². The van der Waals surface area contributed by atoms with Gasteiger partial charge < -0.3 is 15.7 Å². The van der Waals surface area contributed by atoms with Crippen LogP contribution in [-0.4, -0.2) is 47.3 Å². The summed E-state index contributed by atoms with van der Waals surface area (Å²) in [5.74, 6) is -3.71. The molecule has 3 aromatic rings. The Morgan fingerprint density at radius 1 is 0.865 bits per heavy atom. The van der Waals surface area contributed by atoms with E-state index in [4.69, 9.17) is 0 Å². The molecule has 0 saturated carbocycles. The van der Waals surface area contributed by atoms with E-state index in [2.05, 4.69) is 16.0 Å². The summed E-state index contributed by atoms with van der Waals surface area (Å²) in [4.78, 5) is 64.2. The number of carbonyl (C=O) groups is 5. The van der Waals surface area contributed by atoms with E-state index in [0.29, 0.717) is 24.3 Å². The molecule has 2 heterocycles. The molecule has 0 radical (unpaired) electrons. The van der Waals surface area contributed by atoms with Gasteiger partial charge in [-0.05, 0) is 67.9 Å². The molecule has 1 saturated heterocycles. The van der Waals surface area contributed by atoms with Crippen LogP contribution in [0.2, 0.25) is 0 Å². The monoisotopic (exact) mass is 498 g/mol. The smallest absolute Gasteiger partial charge is 0.335 e. The van der Waals surface area contributed by atoms with Gasteiger partial charge in [0.05, 0.1) is 28.4 Å². The number of hydrogen-bond donors (Lipinski definition) is 4. The molecule has 1 fully saturated rings. The Bertz CT molecular complexity index is 1450. The number of para-hydroxylation sites is 1.